The first kappa shape index (κ1) is 9.66. The van der Waals surface area contributed by atoms with Crippen molar-refractivity contribution in [2.45, 2.75) is 6.92 Å². The van der Waals surface area contributed by atoms with E-state index in [1.165, 1.54) is 27.2 Å². The molecule has 4 aromatic rings. The zero-order chi connectivity index (χ0) is 12.1. The quantitative estimate of drug-likeness (QED) is 0.484. The highest BCUT2D eigenvalue weighted by atomic mass is 14.8. The summed E-state index contributed by atoms with van der Waals surface area (Å²) in [4.78, 5) is 7.97. The van der Waals surface area contributed by atoms with Gasteiger partial charge in [0.1, 0.15) is 0 Å². The van der Waals surface area contributed by atoms with Crippen molar-refractivity contribution in [3.8, 4) is 0 Å². The summed E-state index contributed by atoms with van der Waals surface area (Å²) in [6.07, 6.45) is 1.85. The highest BCUT2D eigenvalue weighted by molar-refractivity contribution is 6.19. The Hall–Kier alpha value is -2.35. The maximum atomic E-state index is 4.52. The number of H-pyrrole nitrogens is 1. The van der Waals surface area contributed by atoms with Crippen LogP contribution in [0.2, 0.25) is 0 Å². The van der Waals surface area contributed by atoms with Crippen LogP contribution in [0.5, 0.6) is 0 Å². The summed E-state index contributed by atoms with van der Waals surface area (Å²) in [5.41, 5.74) is 4.62. The maximum Gasteiger partial charge on any atom is 0.0963 e. The first-order chi connectivity index (χ1) is 8.84. The normalized spacial score (nSPS) is 11.6. The fourth-order valence-corrected chi connectivity index (χ4v) is 2.76. The van der Waals surface area contributed by atoms with Crippen molar-refractivity contribution in [3.05, 3.63) is 54.2 Å². The third-order valence-corrected chi connectivity index (χ3v) is 3.57. The third-order valence-electron chi connectivity index (χ3n) is 3.57. The molecule has 2 nitrogen and oxygen atoms in total. The van der Waals surface area contributed by atoms with Gasteiger partial charge in [-0.2, -0.15) is 0 Å². The minimum atomic E-state index is 1.06. The van der Waals surface area contributed by atoms with Crippen molar-refractivity contribution in [1.82, 2.24) is 9.97 Å². The molecule has 4 rings (SSSR count). The van der Waals surface area contributed by atoms with Crippen LogP contribution in [0.1, 0.15) is 5.56 Å². The fourth-order valence-electron chi connectivity index (χ4n) is 2.76. The van der Waals surface area contributed by atoms with E-state index in [0.717, 1.165) is 11.0 Å². The molecular formula is C16H12N2. The van der Waals surface area contributed by atoms with Crippen LogP contribution in [-0.2, 0) is 0 Å². The van der Waals surface area contributed by atoms with Crippen LogP contribution in [0.3, 0.4) is 0 Å². The largest absolute Gasteiger partial charge is 0.353 e. The topological polar surface area (TPSA) is 28.7 Å². The summed E-state index contributed by atoms with van der Waals surface area (Å²) >= 11 is 0. The van der Waals surface area contributed by atoms with Crippen molar-refractivity contribution < 1.29 is 0 Å². The lowest BCUT2D eigenvalue weighted by Gasteiger charge is -2.03. The van der Waals surface area contributed by atoms with E-state index >= 15 is 0 Å². The molecule has 0 radical (unpaired) electrons. The number of aromatic amines is 1. The molecule has 0 amide bonds. The standard InChI is InChI=1S/C16H12N2/c1-10-9-14-15(12-6-3-2-5-11(10)12)16-13(18-14)7-4-8-17-16/h2-9,18H,1H3. The molecule has 2 aromatic carbocycles. The number of hydrogen-bond acceptors (Lipinski definition) is 1. The van der Waals surface area contributed by atoms with Gasteiger partial charge in [0.25, 0.3) is 0 Å². The van der Waals surface area contributed by atoms with E-state index < -0.39 is 0 Å². The second-order valence-corrected chi connectivity index (χ2v) is 4.69. The van der Waals surface area contributed by atoms with Crippen molar-refractivity contribution >= 4 is 32.7 Å². The zero-order valence-electron chi connectivity index (χ0n) is 10.1. The van der Waals surface area contributed by atoms with Crippen LogP contribution >= 0.6 is 0 Å². The molecule has 0 fully saturated rings. The van der Waals surface area contributed by atoms with Crippen LogP contribution < -0.4 is 0 Å². The van der Waals surface area contributed by atoms with Gasteiger partial charge in [0, 0.05) is 17.1 Å². The Labute approximate surface area is 104 Å². The molecule has 0 atom stereocenters. The molecule has 0 aliphatic rings. The molecule has 0 aliphatic carbocycles. The van der Waals surface area contributed by atoms with Gasteiger partial charge >= 0.3 is 0 Å². The first-order valence-electron chi connectivity index (χ1n) is 6.09. The van der Waals surface area contributed by atoms with Gasteiger partial charge in [-0.25, -0.2) is 0 Å². The lowest BCUT2D eigenvalue weighted by Crippen LogP contribution is -1.80. The van der Waals surface area contributed by atoms with E-state index in [-0.39, 0.29) is 0 Å². The molecule has 0 aliphatic heterocycles. The minimum absolute atomic E-state index is 1.06. The van der Waals surface area contributed by atoms with Gasteiger partial charge in [0.15, 0.2) is 0 Å². The fraction of sp³-hybridized carbons (Fsp3) is 0.0625. The van der Waals surface area contributed by atoms with Crippen molar-refractivity contribution in [1.29, 1.82) is 0 Å². The Morgan fingerprint density at radius 1 is 0.944 bits per heavy atom. The van der Waals surface area contributed by atoms with Gasteiger partial charge in [-0.05, 0) is 41.5 Å². The summed E-state index contributed by atoms with van der Waals surface area (Å²) in [6.45, 7) is 2.15. The molecular weight excluding hydrogens is 220 g/mol. The van der Waals surface area contributed by atoms with Gasteiger partial charge < -0.3 is 4.98 Å². The number of nitrogens with zero attached hydrogens (tertiary/aromatic N) is 1. The van der Waals surface area contributed by atoms with Crippen LogP contribution in [0, 0.1) is 6.92 Å². The predicted octanol–water partition coefficient (Wildman–Crippen LogP) is 4.18. The van der Waals surface area contributed by atoms with Crippen LogP contribution in [-0.4, -0.2) is 9.97 Å². The number of pyridine rings is 1. The molecule has 0 bridgehead atoms. The number of fused-ring (bicyclic) bond motifs is 5. The summed E-state index contributed by atoms with van der Waals surface area (Å²) in [5.74, 6) is 0. The summed E-state index contributed by atoms with van der Waals surface area (Å²) < 4.78 is 0. The Morgan fingerprint density at radius 2 is 1.78 bits per heavy atom. The molecule has 0 saturated carbocycles. The SMILES string of the molecule is Cc1cc2[nH]c3cccnc3c2c2ccccc12. The lowest BCUT2D eigenvalue weighted by molar-refractivity contribution is 1.42. The molecule has 2 heteroatoms. The highest BCUT2D eigenvalue weighted by Gasteiger charge is 2.09. The van der Waals surface area contributed by atoms with Crippen molar-refractivity contribution in [2.75, 3.05) is 0 Å². The highest BCUT2D eigenvalue weighted by Crippen LogP contribution is 2.32. The van der Waals surface area contributed by atoms with E-state index in [2.05, 4.69) is 53.3 Å². The zero-order valence-corrected chi connectivity index (χ0v) is 10.1. The smallest absolute Gasteiger partial charge is 0.0963 e. The summed E-state index contributed by atoms with van der Waals surface area (Å²) in [6, 6.07) is 14.8. The average Bonchev–Trinajstić information content (AvgIpc) is 2.77. The molecule has 1 N–H and O–H groups in total. The monoisotopic (exact) mass is 232 g/mol. The Balaban J connectivity index is 2.39. The van der Waals surface area contributed by atoms with E-state index in [1.807, 2.05) is 12.3 Å². The third kappa shape index (κ3) is 1.15. The number of aryl methyl sites for hydroxylation is 1. The molecule has 0 saturated heterocycles. The Bertz CT molecular complexity index is 887. The van der Waals surface area contributed by atoms with Crippen LogP contribution in [0.15, 0.2) is 48.7 Å². The van der Waals surface area contributed by atoms with Gasteiger partial charge in [-0.3, -0.25) is 4.98 Å². The minimum Gasteiger partial charge on any atom is -0.353 e. The summed E-state index contributed by atoms with van der Waals surface area (Å²) in [7, 11) is 0. The molecule has 2 aromatic heterocycles. The molecule has 2 heterocycles. The average molecular weight is 232 g/mol. The van der Waals surface area contributed by atoms with Gasteiger partial charge in [0.05, 0.1) is 11.0 Å². The molecule has 86 valence electrons. The van der Waals surface area contributed by atoms with E-state index in [4.69, 9.17) is 0 Å². The van der Waals surface area contributed by atoms with E-state index in [0.29, 0.717) is 0 Å². The predicted molar refractivity (Wildman–Crippen MR) is 75.8 cm³/mol. The Morgan fingerprint density at radius 3 is 2.67 bits per heavy atom. The van der Waals surface area contributed by atoms with E-state index in [1.54, 1.807) is 0 Å². The number of aromatic nitrogens is 2. The Kier molecular flexibility index (Phi) is 1.78. The second kappa shape index (κ2) is 3.33. The maximum absolute atomic E-state index is 4.52. The molecule has 18 heavy (non-hydrogen) atoms. The number of rotatable bonds is 0. The lowest BCUT2D eigenvalue weighted by atomic mass is 10.0. The first-order valence-corrected chi connectivity index (χ1v) is 6.09. The van der Waals surface area contributed by atoms with Gasteiger partial charge in [-0.15, -0.1) is 0 Å². The van der Waals surface area contributed by atoms with Crippen LogP contribution in [0.25, 0.3) is 32.7 Å². The number of benzene rings is 2. The van der Waals surface area contributed by atoms with Crippen molar-refractivity contribution in [2.24, 2.45) is 0 Å². The summed E-state index contributed by atoms with van der Waals surface area (Å²) in [5, 5.41) is 3.81. The second-order valence-electron chi connectivity index (χ2n) is 4.69. The van der Waals surface area contributed by atoms with Crippen LogP contribution in [0.4, 0.5) is 0 Å². The van der Waals surface area contributed by atoms with Crippen molar-refractivity contribution in [3.63, 3.8) is 0 Å². The van der Waals surface area contributed by atoms with Gasteiger partial charge in [0.2, 0.25) is 0 Å². The molecule has 0 spiro atoms. The van der Waals surface area contributed by atoms with Gasteiger partial charge in [-0.1, -0.05) is 24.3 Å². The van der Waals surface area contributed by atoms with E-state index in [9.17, 15) is 0 Å². The number of hydrogen-bond donors (Lipinski definition) is 1. The molecule has 0 unspecified atom stereocenters. The number of nitrogens with one attached hydrogen (secondary N) is 1.